The number of rotatable bonds is 2. The molecule has 1 fully saturated rings. The van der Waals surface area contributed by atoms with Crippen molar-refractivity contribution >= 4 is 11.6 Å². The first-order valence-electron chi connectivity index (χ1n) is 7.38. The van der Waals surface area contributed by atoms with E-state index in [2.05, 4.69) is 10.1 Å². The number of fused-ring (bicyclic) bond motifs is 1. The van der Waals surface area contributed by atoms with Crippen molar-refractivity contribution in [3.05, 3.63) is 29.2 Å². The zero-order chi connectivity index (χ0) is 15.9. The third-order valence-electron chi connectivity index (χ3n) is 4.09. The van der Waals surface area contributed by atoms with Crippen LogP contribution >= 0.6 is 0 Å². The fraction of sp³-hybridized carbons (Fsp3) is 0.533. The topological polar surface area (TPSA) is 91.0 Å². The molecule has 7 heteroatoms. The van der Waals surface area contributed by atoms with E-state index < -0.39 is 5.60 Å². The highest BCUT2D eigenvalue weighted by Crippen LogP contribution is 2.22. The van der Waals surface area contributed by atoms with Gasteiger partial charge in [0.15, 0.2) is 11.3 Å². The van der Waals surface area contributed by atoms with Gasteiger partial charge in [-0.1, -0.05) is 0 Å². The van der Waals surface area contributed by atoms with Crippen LogP contribution in [-0.2, 0) is 0 Å². The number of amides is 1. The molecule has 7 nitrogen and oxygen atoms in total. The summed E-state index contributed by atoms with van der Waals surface area (Å²) in [4.78, 5) is 18.5. The minimum Gasteiger partial charge on any atom is -0.393 e. The molecule has 0 aromatic carbocycles. The molecule has 22 heavy (non-hydrogen) atoms. The smallest absolute Gasteiger partial charge is 0.274 e. The highest BCUT2D eigenvalue weighted by atomic mass is 16.3. The number of carbonyl (C=O) groups is 1. The highest BCUT2D eigenvalue weighted by Gasteiger charge is 2.35. The van der Waals surface area contributed by atoms with Gasteiger partial charge in [0.25, 0.3) is 5.91 Å². The van der Waals surface area contributed by atoms with Crippen molar-refractivity contribution in [3.8, 4) is 0 Å². The number of hydrogen-bond acceptors (Lipinski definition) is 5. The Morgan fingerprint density at radius 2 is 2.18 bits per heavy atom. The van der Waals surface area contributed by atoms with Crippen LogP contribution in [0.1, 0.15) is 34.7 Å². The normalized spacial score (nSPS) is 22.3. The van der Waals surface area contributed by atoms with E-state index in [9.17, 15) is 15.0 Å². The maximum absolute atomic E-state index is 12.6. The lowest BCUT2D eigenvalue weighted by Crippen LogP contribution is -2.52. The maximum Gasteiger partial charge on any atom is 0.274 e. The number of aryl methyl sites for hydroxylation is 2. The van der Waals surface area contributed by atoms with Crippen LogP contribution in [0.15, 0.2) is 12.1 Å². The number of piperidine rings is 1. The Kier molecular flexibility index (Phi) is 3.62. The van der Waals surface area contributed by atoms with Crippen molar-refractivity contribution in [2.24, 2.45) is 0 Å². The minimum absolute atomic E-state index is 0.127. The molecule has 0 aliphatic carbocycles. The maximum atomic E-state index is 12.6. The standard InChI is InChI=1S/C15H20N4O3/c1-10-6-11(2)19-13(16-10)7-12(17-19)14(21)18-5-3-4-15(22,8-18)9-20/h6-7,20,22H,3-5,8-9H2,1-2H3. The summed E-state index contributed by atoms with van der Waals surface area (Å²) in [7, 11) is 0. The van der Waals surface area contributed by atoms with Crippen LogP contribution in [0.2, 0.25) is 0 Å². The molecule has 0 radical (unpaired) electrons. The zero-order valence-corrected chi connectivity index (χ0v) is 12.8. The van der Waals surface area contributed by atoms with Gasteiger partial charge in [-0.25, -0.2) is 9.50 Å². The van der Waals surface area contributed by atoms with Gasteiger partial charge >= 0.3 is 0 Å². The highest BCUT2D eigenvalue weighted by molar-refractivity contribution is 5.93. The van der Waals surface area contributed by atoms with Gasteiger partial charge in [-0.05, 0) is 32.8 Å². The number of β-amino-alcohol motifs (C(OH)–C–C–N with tert-alkyl or cyclic N) is 1. The van der Waals surface area contributed by atoms with E-state index in [-0.39, 0.29) is 19.1 Å². The number of nitrogens with zero attached hydrogens (tertiary/aromatic N) is 4. The minimum atomic E-state index is -1.21. The van der Waals surface area contributed by atoms with E-state index in [1.54, 1.807) is 15.5 Å². The molecule has 1 unspecified atom stereocenters. The van der Waals surface area contributed by atoms with E-state index in [4.69, 9.17) is 0 Å². The fourth-order valence-corrected chi connectivity index (χ4v) is 2.97. The molecule has 0 spiro atoms. The number of carbonyl (C=O) groups excluding carboxylic acids is 1. The van der Waals surface area contributed by atoms with Crippen LogP contribution < -0.4 is 0 Å². The molecule has 2 N–H and O–H groups in total. The molecule has 3 rings (SSSR count). The Balaban J connectivity index is 1.90. The van der Waals surface area contributed by atoms with Crippen molar-refractivity contribution in [3.63, 3.8) is 0 Å². The third kappa shape index (κ3) is 2.57. The van der Waals surface area contributed by atoms with Crippen LogP contribution in [0.3, 0.4) is 0 Å². The SMILES string of the molecule is Cc1cc(C)n2nc(C(=O)N3CCCC(O)(CO)C3)cc2n1. The summed E-state index contributed by atoms with van der Waals surface area (Å²) in [5, 5.41) is 23.8. The zero-order valence-electron chi connectivity index (χ0n) is 12.8. The Morgan fingerprint density at radius 1 is 1.41 bits per heavy atom. The lowest BCUT2D eigenvalue weighted by atomic mass is 9.93. The summed E-state index contributed by atoms with van der Waals surface area (Å²) < 4.78 is 1.64. The summed E-state index contributed by atoms with van der Waals surface area (Å²) in [6.45, 7) is 4.14. The lowest BCUT2D eigenvalue weighted by Gasteiger charge is -2.37. The monoisotopic (exact) mass is 304 g/mol. The number of aliphatic hydroxyl groups excluding tert-OH is 1. The predicted molar refractivity (Wildman–Crippen MR) is 79.6 cm³/mol. The van der Waals surface area contributed by atoms with Gasteiger partial charge in [-0.3, -0.25) is 4.79 Å². The summed E-state index contributed by atoms with van der Waals surface area (Å²) in [5.41, 5.74) is 1.51. The molecule has 1 saturated heterocycles. The van der Waals surface area contributed by atoms with E-state index in [0.29, 0.717) is 30.7 Å². The molecule has 0 bridgehead atoms. The molecule has 1 aliphatic rings. The molecule has 0 saturated carbocycles. The van der Waals surface area contributed by atoms with Gasteiger partial charge < -0.3 is 15.1 Å². The molecule has 2 aromatic heterocycles. The van der Waals surface area contributed by atoms with Crippen molar-refractivity contribution in [2.75, 3.05) is 19.7 Å². The second kappa shape index (κ2) is 5.33. The van der Waals surface area contributed by atoms with Crippen molar-refractivity contribution in [2.45, 2.75) is 32.3 Å². The summed E-state index contributed by atoms with van der Waals surface area (Å²) >= 11 is 0. The average molecular weight is 304 g/mol. The first-order valence-corrected chi connectivity index (χ1v) is 7.38. The molecule has 1 atom stereocenters. The lowest BCUT2D eigenvalue weighted by molar-refractivity contribution is -0.0599. The Hall–Kier alpha value is -1.99. The van der Waals surface area contributed by atoms with E-state index in [1.165, 1.54) is 0 Å². The van der Waals surface area contributed by atoms with Crippen LogP contribution in [0.25, 0.3) is 5.65 Å². The van der Waals surface area contributed by atoms with Crippen LogP contribution in [0.5, 0.6) is 0 Å². The second-order valence-corrected chi connectivity index (χ2v) is 6.05. The molecule has 3 heterocycles. The largest absolute Gasteiger partial charge is 0.393 e. The van der Waals surface area contributed by atoms with Crippen LogP contribution in [0, 0.1) is 13.8 Å². The molecular formula is C15H20N4O3. The molecule has 118 valence electrons. The predicted octanol–water partition coefficient (Wildman–Crippen LogP) is 0.306. The van der Waals surface area contributed by atoms with Gasteiger partial charge in [0.1, 0.15) is 5.60 Å². The van der Waals surface area contributed by atoms with Crippen LogP contribution in [-0.4, -0.2) is 60.9 Å². The first-order chi connectivity index (χ1) is 10.4. The molecule has 1 aliphatic heterocycles. The van der Waals surface area contributed by atoms with Gasteiger partial charge in [0.05, 0.1) is 13.2 Å². The summed E-state index contributed by atoms with van der Waals surface area (Å²) in [6, 6.07) is 3.56. The third-order valence-corrected chi connectivity index (χ3v) is 4.09. The van der Waals surface area contributed by atoms with E-state index in [1.807, 2.05) is 19.9 Å². The number of hydrogen-bond donors (Lipinski definition) is 2. The van der Waals surface area contributed by atoms with Crippen molar-refractivity contribution < 1.29 is 15.0 Å². The first kappa shape index (κ1) is 14.9. The van der Waals surface area contributed by atoms with Crippen molar-refractivity contribution in [1.82, 2.24) is 19.5 Å². The van der Waals surface area contributed by atoms with Gasteiger partial charge in [-0.2, -0.15) is 5.10 Å². The number of aliphatic hydroxyl groups is 2. The second-order valence-electron chi connectivity index (χ2n) is 6.05. The Morgan fingerprint density at radius 3 is 2.91 bits per heavy atom. The number of likely N-dealkylation sites (tertiary alicyclic amines) is 1. The quantitative estimate of drug-likeness (QED) is 0.833. The summed E-state index contributed by atoms with van der Waals surface area (Å²) in [5.74, 6) is -0.242. The Labute approximate surface area is 128 Å². The van der Waals surface area contributed by atoms with E-state index in [0.717, 1.165) is 11.4 Å². The Bertz CT molecular complexity index is 727. The fourth-order valence-electron chi connectivity index (χ4n) is 2.97. The van der Waals surface area contributed by atoms with Gasteiger partial charge in [-0.15, -0.1) is 0 Å². The molecular weight excluding hydrogens is 284 g/mol. The van der Waals surface area contributed by atoms with Gasteiger partial charge in [0, 0.05) is 24.0 Å². The van der Waals surface area contributed by atoms with E-state index >= 15 is 0 Å². The molecule has 2 aromatic rings. The summed E-state index contributed by atoms with van der Waals surface area (Å²) in [6.07, 6.45) is 1.16. The van der Waals surface area contributed by atoms with Gasteiger partial charge in [0.2, 0.25) is 0 Å². The van der Waals surface area contributed by atoms with Crippen LogP contribution in [0.4, 0.5) is 0 Å². The van der Waals surface area contributed by atoms with Crippen molar-refractivity contribution in [1.29, 1.82) is 0 Å². The molecule has 1 amide bonds. The number of aromatic nitrogens is 3. The average Bonchev–Trinajstić information content (AvgIpc) is 2.90.